The monoisotopic (exact) mass is 294 g/mol. The fourth-order valence-corrected chi connectivity index (χ4v) is 2.32. The molecule has 1 rings (SSSR count). The quantitative estimate of drug-likeness (QED) is 0.709. The van der Waals surface area contributed by atoms with Crippen molar-refractivity contribution in [2.24, 2.45) is 5.92 Å². The molecule has 0 fully saturated rings. The number of rotatable bonds is 9. The average molecular weight is 294 g/mol. The zero-order chi connectivity index (χ0) is 15.8. The lowest BCUT2D eigenvalue weighted by molar-refractivity contribution is 0.0587. The normalized spacial score (nSPS) is 12.3. The van der Waals surface area contributed by atoms with E-state index in [4.69, 9.17) is 9.47 Å². The van der Waals surface area contributed by atoms with Crippen LogP contribution in [0.1, 0.15) is 50.9 Å². The second kappa shape index (κ2) is 8.67. The van der Waals surface area contributed by atoms with Gasteiger partial charge in [0.2, 0.25) is 0 Å². The molecule has 0 aliphatic carbocycles. The second-order valence-electron chi connectivity index (χ2n) is 4.91. The lowest BCUT2D eigenvalue weighted by Gasteiger charge is -2.19. The fourth-order valence-electron chi connectivity index (χ4n) is 2.32. The van der Waals surface area contributed by atoms with Gasteiger partial charge in [-0.05, 0) is 38.0 Å². The van der Waals surface area contributed by atoms with Crippen molar-refractivity contribution in [1.29, 1.82) is 0 Å². The number of aliphatic hydroxyl groups excluding tert-OH is 1. The molecule has 1 unspecified atom stereocenters. The molecule has 1 N–H and O–H groups in total. The van der Waals surface area contributed by atoms with Crippen molar-refractivity contribution in [3.05, 3.63) is 23.8 Å². The van der Waals surface area contributed by atoms with Crippen LogP contribution in [0.5, 0.6) is 11.5 Å². The third kappa shape index (κ3) is 4.46. The maximum Gasteiger partial charge on any atom is 0.191 e. The molecule has 21 heavy (non-hydrogen) atoms. The van der Waals surface area contributed by atoms with Gasteiger partial charge >= 0.3 is 0 Å². The van der Waals surface area contributed by atoms with Crippen molar-refractivity contribution in [3.63, 3.8) is 0 Å². The Balaban J connectivity index is 3.01. The second-order valence-corrected chi connectivity index (χ2v) is 4.91. The summed E-state index contributed by atoms with van der Waals surface area (Å²) in [5.74, 6) is 0.891. The van der Waals surface area contributed by atoms with Gasteiger partial charge in [0.1, 0.15) is 6.10 Å². The highest BCUT2D eigenvalue weighted by molar-refractivity contribution is 6.00. The van der Waals surface area contributed by atoms with E-state index in [0.29, 0.717) is 30.3 Å². The number of Topliss-reactive ketones (excluding diaryl/α,β-unsaturated/α-hetero) is 1. The van der Waals surface area contributed by atoms with Gasteiger partial charge in [-0.2, -0.15) is 0 Å². The first kappa shape index (κ1) is 17.5. The molecule has 0 heterocycles. The van der Waals surface area contributed by atoms with Gasteiger partial charge in [-0.3, -0.25) is 4.79 Å². The summed E-state index contributed by atoms with van der Waals surface area (Å²) in [5.41, 5.74) is 0.460. The van der Waals surface area contributed by atoms with Gasteiger partial charge in [0.25, 0.3) is 0 Å². The SMILES string of the molecule is CCOc1ccc(C(=O)C(O)C(CC)CC)cc1OCC. The van der Waals surface area contributed by atoms with Gasteiger partial charge in [0, 0.05) is 5.56 Å². The van der Waals surface area contributed by atoms with E-state index >= 15 is 0 Å². The Morgan fingerprint density at radius 1 is 1.05 bits per heavy atom. The fraction of sp³-hybridized carbons (Fsp3) is 0.588. The minimum Gasteiger partial charge on any atom is -0.490 e. The Kier molecular flexibility index (Phi) is 7.23. The minimum absolute atomic E-state index is 0.0142. The van der Waals surface area contributed by atoms with Crippen LogP contribution in [-0.2, 0) is 0 Å². The van der Waals surface area contributed by atoms with Crippen molar-refractivity contribution in [2.75, 3.05) is 13.2 Å². The highest BCUT2D eigenvalue weighted by Gasteiger charge is 2.25. The number of hydrogen-bond acceptors (Lipinski definition) is 4. The van der Waals surface area contributed by atoms with Crippen LogP contribution < -0.4 is 9.47 Å². The van der Waals surface area contributed by atoms with Crippen molar-refractivity contribution in [3.8, 4) is 11.5 Å². The predicted molar refractivity (Wildman–Crippen MR) is 83.2 cm³/mol. The first-order valence-electron chi connectivity index (χ1n) is 7.70. The first-order chi connectivity index (χ1) is 10.1. The molecule has 0 bridgehead atoms. The molecule has 118 valence electrons. The summed E-state index contributed by atoms with van der Waals surface area (Å²) in [6.07, 6.45) is 0.588. The molecule has 0 radical (unpaired) electrons. The standard InChI is InChI=1S/C17H26O4/c1-5-12(6-2)16(18)17(19)13-9-10-14(20-7-3)15(11-13)21-8-4/h9-12,16,18H,5-8H2,1-4H3. The molecular weight excluding hydrogens is 268 g/mol. The third-order valence-electron chi connectivity index (χ3n) is 3.59. The molecule has 1 atom stereocenters. The molecule has 0 aliphatic rings. The minimum atomic E-state index is -0.965. The van der Waals surface area contributed by atoms with Crippen LogP contribution in [0, 0.1) is 5.92 Å². The Morgan fingerprint density at radius 3 is 2.14 bits per heavy atom. The molecule has 1 aromatic carbocycles. The summed E-state index contributed by atoms with van der Waals surface area (Å²) < 4.78 is 11.0. The van der Waals surface area contributed by atoms with Crippen LogP contribution in [0.2, 0.25) is 0 Å². The summed E-state index contributed by atoms with van der Waals surface area (Å²) in [6.45, 7) is 8.76. The molecule has 4 nitrogen and oxygen atoms in total. The lowest BCUT2D eigenvalue weighted by Crippen LogP contribution is -2.29. The van der Waals surface area contributed by atoms with Gasteiger partial charge in [0.15, 0.2) is 17.3 Å². The van der Waals surface area contributed by atoms with Crippen molar-refractivity contribution < 1.29 is 19.4 Å². The molecule has 0 aromatic heterocycles. The van der Waals surface area contributed by atoms with Crippen LogP contribution in [0.4, 0.5) is 0 Å². The number of carbonyl (C=O) groups is 1. The summed E-state index contributed by atoms with van der Waals surface area (Å²) in [7, 11) is 0. The third-order valence-corrected chi connectivity index (χ3v) is 3.59. The van der Waals surface area contributed by atoms with E-state index in [-0.39, 0.29) is 11.7 Å². The van der Waals surface area contributed by atoms with Gasteiger partial charge in [0.05, 0.1) is 13.2 Å². The predicted octanol–water partition coefficient (Wildman–Crippen LogP) is 3.46. The van der Waals surface area contributed by atoms with Crippen LogP contribution >= 0.6 is 0 Å². The van der Waals surface area contributed by atoms with E-state index in [2.05, 4.69) is 0 Å². The number of benzene rings is 1. The van der Waals surface area contributed by atoms with Gasteiger partial charge in [-0.1, -0.05) is 26.7 Å². The summed E-state index contributed by atoms with van der Waals surface area (Å²) in [6, 6.07) is 5.06. The van der Waals surface area contributed by atoms with Gasteiger partial charge < -0.3 is 14.6 Å². The lowest BCUT2D eigenvalue weighted by atomic mass is 9.91. The molecule has 0 spiro atoms. The molecule has 0 saturated heterocycles. The first-order valence-corrected chi connectivity index (χ1v) is 7.70. The average Bonchev–Trinajstić information content (AvgIpc) is 2.50. The van der Waals surface area contributed by atoms with Crippen molar-refractivity contribution >= 4 is 5.78 Å². The van der Waals surface area contributed by atoms with E-state index in [1.165, 1.54) is 0 Å². The largest absolute Gasteiger partial charge is 0.490 e. The maximum absolute atomic E-state index is 12.4. The van der Waals surface area contributed by atoms with E-state index in [1.807, 2.05) is 27.7 Å². The Labute approximate surface area is 127 Å². The number of ether oxygens (including phenoxy) is 2. The number of ketones is 1. The highest BCUT2D eigenvalue weighted by atomic mass is 16.5. The van der Waals surface area contributed by atoms with Gasteiger partial charge in [-0.15, -0.1) is 0 Å². The number of carbonyl (C=O) groups excluding carboxylic acids is 1. The van der Waals surface area contributed by atoms with Crippen molar-refractivity contribution in [1.82, 2.24) is 0 Å². The van der Waals surface area contributed by atoms with E-state index in [0.717, 1.165) is 12.8 Å². The summed E-state index contributed by atoms with van der Waals surface area (Å²) >= 11 is 0. The Hall–Kier alpha value is -1.55. The molecular formula is C17H26O4. The molecule has 1 aromatic rings. The van der Waals surface area contributed by atoms with Crippen molar-refractivity contribution in [2.45, 2.75) is 46.6 Å². The molecule has 0 saturated carbocycles. The molecule has 0 aliphatic heterocycles. The van der Waals surface area contributed by atoms with E-state index in [1.54, 1.807) is 18.2 Å². The number of aliphatic hydroxyl groups is 1. The molecule has 0 amide bonds. The zero-order valence-corrected chi connectivity index (χ0v) is 13.4. The van der Waals surface area contributed by atoms with Crippen LogP contribution in [-0.4, -0.2) is 30.2 Å². The molecule has 4 heteroatoms. The van der Waals surface area contributed by atoms with Crippen LogP contribution in [0.15, 0.2) is 18.2 Å². The maximum atomic E-state index is 12.4. The summed E-state index contributed by atoms with van der Waals surface area (Å²) in [4.78, 5) is 12.4. The van der Waals surface area contributed by atoms with E-state index < -0.39 is 6.10 Å². The van der Waals surface area contributed by atoms with Crippen LogP contribution in [0.25, 0.3) is 0 Å². The topological polar surface area (TPSA) is 55.8 Å². The van der Waals surface area contributed by atoms with Crippen LogP contribution in [0.3, 0.4) is 0 Å². The highest BCUT2D eigenvalue weighted by Crippen LogP contribution is 2.29. The smallest absolute Gasteiger partial charge is 0.191 e. The number of hydrogen-bond donors (Lipinski definition) is 1. The summed E-state index contributed by atoms with van der Waals surface area (Å²) in [5, 5.41) is 10.2. The Bertz CT molecular complexity index is 452. The zero-order valence-electron chi connectivity index (χ0n) is 13.4. The van der Waals surface area contributed by atoms with Gasteiger partial charge in [-0.25, -0.2) is 0 Å². The Morgan fingerprint density at radius 2 is 1.62 bits per heavy atom. The van der Waals surface area contributed by atoms with E-state index in [9.17, 15) is 9.90 Å².